The fraction of sp³-hybridized carbons (Fsp3) is 0.0800. The van der Waals surface area contributed by atoms with Crippen LogP contribution in [-0.4, -0.2) is 26.3 Å². The number of carbonyl (C=O) groups excluding carboxylic acids is 3. The van der Waals surface area contributed by atoms with E-state index in [1.807, 2.05) is 5.32 Å². The smallest absolute Gasteiger partial charge is 0.378 e. The number of aryl methyl sites for hydroxylation is 1. The summed E-state index contributed by atoms with van der Waals surface area (Å²) in [7, 11) is -4.31. The Morgan fingerprint density at radius 3 is 2.29 bits per heavy atom. The molecule has 1 aliphatic rings. The molecule has 1 N–H and O–H groups in total. The molecule has 3 aromatic rings. The lowest BCUT2D eigenvalue weighted by molar-refractivity contribution is -0.137. The van der Waals surface area contributed by atoms with Crippen LogP contribution in [0.1, 0.15) is 16.7 Å². The van der Waals surface area contributed by atoms with Crippen LogP contribution >= 0.6 is 11.6 Å². The maximum Gasteiger partial charge on any atom is 0.416 e. The van der Waals surface area contributed by atoms with Gasteiger partial charge in [0.1, 0.15) is 16.2 Å². The Labute approximate surface area is 219 Å². The van der Waals surface area contributed by atoms with Gasteiger partial charge in [0.05, 0.1) is 16.3 Å². The van der Waals surface area contributed by atoms with E-state index in [-0.39, 0.29) is 26.1 Å². The van der Waals surface area contributed by atoms with Gasteiger partial charge in [-0.3, -0.25) is 14.9 Å². The minimum atomic E-state index is -4.80. The monoisotopic (exact) mass is 564 g/mol. The Morgan fingerprint density at radius 2 is 1.63 bits per heavy atom. The highest BCUT2D eigenvalue weighted by Crippen LogP contribution is 2.37. The van der Waals surface area contributed by atoms with Crippen LogP contribution in [0.3, 0.4) is 0 Å². The number of urea groups is 1. The van der Waals surface area contributed by atoms with Gasteiger partial charge in [-0.1, -0.05) is 47.5 Å². The first kappa shape index (κ1) is 26.9. The van der Waals surface area contributed by atoms with Crippen molar-refractivity contribution in [3.63, 3.8) is 0 Å². The number of alkyl halides is 3. The van der Waals surface area contributed by atoms with Crippen molar-refractivity contribution in [1.82, 2.24) is 5.32 Å². The molecule has 4 amide bonds. The fourth-order valence-electron chi connectivity index (χ4n) is 3.44. The summed E-state index contributed by atoms with van der Waals surface area (Å²) in [5.74, 6) is -2.69. The van der Waals surface area contributed by atoms with Gasteiger partial charge in [0.2, 0.25) is 0 Å². The van der Waals surface area contributed by atoms with Crippen LogP contribution in [0, 0.1) is 6.92 Å². The molecule has 0 unspecified atom stereocenters. The highest BCUT2D eigenvalue weighted by Gasteiger charge is 2.39. The average Bonchev–Trinajstić information content (AvgIpc) is 2.83. The number of carbonyl (C=O) groups is 3. The third-order valence-electron chi connectivity index (χ3n) is 5.34. The summed E-state index contributed by atoms with van der Waals surface area (Å²) in [5.41, 5.74) is -1.68. The first-order valence-corrected chi connectivity index (χ1v) is 12.4. The van der Waals surface area contributed by atoms with Crippen LogP contribution in [0.2, 0.25) is 5.02 Å². The lowest BCUT2D eigenvalue weighted by atomic mass is 10.1. The number of hydrogen-bond donors (Lipinski definition) is 1. The molecule has 38 heavy (non-hydrogen) atoms. The zero-order valence-corrected chi connectivity index (χ0v) is 20.8. The average molecular weight is 565 g/mol. The standard InChI is InChI=1S/C25H16ClF3N2O6S/c1-14-6-9-17(10-7-14)38(35,36)37-21-5-3-2-4-15(21)12-18-22(32)30-24(34)31(23(18)33)20-13-16(25(27,28)29)8-11-19(20)26/h2-13H,1H3,(H,30,32,34)/b18-12-. The van der Waals surface area contributed by atoms with Crippen molar-refractivity contribution < 1.29 is 40.2 Å². The first-order chi connectivity index (χ1) is 17.8. The molecule has 0 spiro atoms. The second-order valence-electron chi connectivity index (χ2n) is 8.01. The number of benzene rings is 3. The molecule has 0 aliphatic carbocycles. The number of nitrogens with zero attached hydrogens (tertiary/aromatic N) is 1. The summed E-state index contributed by atoms with van der Waals surface area (Å²) < 4.78 is 70.5. The van der Waals surface area contributed by atoms with Gasteiger partial charge in [-0.05, 0) is 49.4 Å². The van der Waals surface area contributed by atoms with Gasteiger partial charge < -0.3 is 4.18 Å². The molecule has 13 heteroatoms. The quantitative estimate of drug-likeness (QED) is 0.262. The number of hydrogen-bond acceptors (Lipinski definition) is 6. The van der Waals surface area contributed by atoms with Crippen molar-refractivity contribution in [3.05, 3.63) is 94.0 Å². The van der Waals surface area contributed by atoms with E-state index in [1.165, 1.54) is 36.4 Å². The molecule has 1 fully saturated rings. The summed E-state index contributed by atoms with van der Waals surface area (Å²) in [4.78, 5) is 38.3. The molecule has 196 valence electrons. The van der Waals surface area contributed by atoms with E-state index in [9.17, 15) is 36.0 Å². The van der Waals surface area contributed by atoms with E-state index in [1.54, 1.807) is 19.1 Å². The molecule has 0 atom stereocenters. The van der Waals surface area contributed by atoms with Gasteiger partial charge in [-0.15, -0.1) is 0 Å². The molecule has 4 rings (SSSR count). The van der Waals surface area contributed by atoms with Crippen molar-refractivity contribution in [2.24, 2.45) is 0 Å². The molecular weight excluding hydrogens is 549 g/mol. The largest absolute Gasteiger partial charge is 0.416 e. The van der Waals surface area contributed by atoms with Crippen LogP contribution in [0.25, 0.3) is 6.08 Å². The molecule has 8 nitrogen and oxygen atoms in total. The molecule has 0 radical (unpaired) electrons. The number of halogens is 4. The predicted molar refractivity (Wildman–Crippen MR) is 131 cm³/mol. The second kappa shape index (κ2) is 9.95. The predicted octanol–water partition coefficient (Wildman–Crippen LogP) is 5.10. The maximum absolute atomic E-state index is 13.2. The molecule has 3 aromatic carbocycles. The number of barbiturate groups is 1. The molecule has 1 saturated heterocycles. The number of rotatable bonds is 5. The molecule has 1 heterocycles. The molecule has 0 saturated carbocycles. The Kier molecular flexibility index (Phi) is 7.04. The first-order valence-electron chi connectivity index (χ1n) is 10.7. The Morgan fingerprint density at radius 1 is 0.974 bits per heavy atom. The number of imide groups is 2. The summed E-state index contributed by atoms with van der Waals surface area (Å²) in [6, 6.07) is 12.1. The third-order valence-corrected chi connectivity index (χ3v) is 6.91. The normalized spacial score (nSPS) is 15.6. The Hall–Kier alpha value is -4.16. The number of para-hydroxylation sites is 1. The van der Waals surface area contributed by atoms with E-state index >= 15 is 0 Å². The SMILES string of the molecule is Cc1ccc(S(=O)(=O)Oc2ccccc2/C=C2/C(=O)NC(=O)N(c3cc(C(F)(F)F)ccc3Cl)C2=O)cc1. The zero-order chi connectivity index (χ0) is 27.8. The number of anilines is 1. The van der Waals surface area contributed by atoms with Crippen molar-refractivity contribution in [3.8, 4) is 5.75 Å². The Bertz CT molecular complexity index is 1600. The highest BCUT2D eigenvalue weighted by molar-refractivity contribution is 7.87. The van der Waals surface area contributed by atoms with E-state index in [0.717, 1.165) is 17.7 Å². The van der Waals surface area contributed by atoms with E-state index in [2.05, 4.69) is 0 Å². The molecular formula is C25H16ClF3N2O6S. The van der Waals surface area contributed by atoms with E-state index in [4.69, 9.17) is 15.8 Å². The highest BCUT2D eigenvalue weighted by atomic mass is 35.5. The van der Waals surface area contributed by atoms with Crippen molar-refractivity contribution in [2.45, 2.75) is 18.0 Å². The Balaban J connectivity index is 1.74. The third kappa shape index (κ3) is 5.41. The van der Waals surface area contributed by atoms with Crippen molar-refractivity contribution in [1.29, 1.82) is 0 Å². The minimum Gasteiger partial charge on any atom is -0.378 e. The minimum absolute atomic E-state index is 0.0360. The summed E-state index contributed by atoms with van der Waals surface area (Å²) in [6.07, 6.45) is -3.85. The second-order valence-corrected chi connectivity index (χ2v) is 9.96. The van der Waals surface area contributed by atoms with Crippen molar-refractivity contribution in [2.75, 3.05) is 4.90 Å². The van der Waals surface area contributed by atoms with Gasteiger partial charge in [-0.2, -0.15) is 21.6 Å². The van der Waals surface area contributed by atoms with Gasteiger partial charge in [0.25, 0.3) is 11.8 Å². The van der Waals surface area contributed by atoms with Crippen LogP contribution in [0.4, 0.5) is 23.7 Å². The topological polar surface area (TPSA) is 110 Å². The summed E-state index contributed by atoms with van der Waals surface area (Å²) in [5, 5.41) is 1.51. The molecule has 1 aliphatic heterocycles. The van der Waals surface area contributed by atoms with Crippen LogP contribution in [0.5, 0.6) is 5.75 Å². The molecule has 0 bridgehead atoms. The number of amides is 4. The van der Waals surface area contributed by atoms with Gasteiger partial charge in [0, 0.05) is 5.56 Å². The summed E-state index contributed by atoms with van der Waals surface area (Å²) >= 11 is 5.99. The number of nitrogens with one attached hydrogen (secondary N) is 1. The molecule has 0 aromatic heterocycles. The van der Waals surface area contributed by atoms with Crippen molar-refractivity contribution >= 4 is 51.3 Å². The lowest BCUT2D eigenvalue weighted by Gasteiger charge is -2.27. The fourth-order valence-corrected chi connectivity index (χ4v) is 4.59. The van der Waals surface area contributed by atoms with E-state index in [0.29, 0.717) is 12.1 Å². The van der Waals surface area contributed by atoms with E-state index < -0.39 is 51.0 Å². The van der Waals surface area contributed by atoms with Gasteiger partial charge in [-0.25, -0.2) is 9.69 Å². The zero-order valence-electron chi connectivity index (χ0n) is 19.2. The van der Waals surface area contributed by atoms with Crippen LogP contribution in [-0.2, 0) is 25.9 Å². The summed E-state index contributed by atoms with van der Waals surface area (Å²) in [6.45, 7) is 1.77. The van der Waals surface area contributed by atoms with Gasteiger partial charge in [0.15, 0.2) is 0 Å². The van der Waals surface area contributed by atoms with Crippen LogP contribution < -0.4 is 14.4 Å². The lowest BCUT2D eigenvalue weighted by Crippen LogP contribution is -2.54. The van der Waals surface area contributed by atoms with Crippen LogP contribution in [0.15, 0.2) is 77.2 Å². The maximum atomic E-state index is 13.2. The van der Waals surface area contributed by atoms with Gasteiger partial charge >= 0.3 is 22.3 Å².